The van der Waals surface area contributed by atoms with Crippen LogP contribution in [0.5, 0.6) is 0 Å². The van der Waals surface area contributed by atoms with Crippen molar-refractivity contribution < 1.29 is 0 Å². The molecule has 1 aliphatic rings. The summed E-state index contributed by atoms with van der Waals surface area (Å²) >= 11 is 2.01. The van der Waals surface area contributed by atoms with Crippen molar-refractivity contribution in [2.24, 2.45) is 5.73 Å². The summed E-state index contributed by atoms with van der Waals surface area (Å²) in [4.78, 5) is 4.61. The number of hydrogen-bond donors (Lipinski definition) is 2. The normalized spacial score (nSPS) is 25.9. The van der Waals surface area contributed by atoms with Crippen LogP contribution in [0.2, 0.25) is 0 Å². The minimum Gasteiger partial charge on any atom is -0.330 e. The fourth-order valence-corrected chi connectivity index (χ4v) is 3.27. The van der Waals surface area contributed by atoms with E-state index in [2.05, 4.69) is 22.1 Å². The molecule has 3 N–H and O–H groups in total. The third kappa shape index (κ3) is 2.58. The van der Waals surface area contributed by atoms with E-state index in [-0.39, 0.29) is 5.41 Å². The van der Waals surface area contributed by atoms with E-state index < -0.39 is 0 Å². The summed E-state index contributed by atoms with van der Waals surface area (Å²) in [5.74, 6) is 4.39. The molecular weight excluding hydrogens is 220 g/mol. The average Bonchev–Trinajstić information content (AvgIpc) is 2.77. The number of nitrogens with two attached hydrogens (primary N) is 1. The van der Waals surface area contributed by atoms with Crippen LogP contribution in [0.1, 0.15) is 37.8 Å². The van der Waals surface area contributed by atoms with Crippen LogP contribution in [0.15, 0.2) is 0 Å². The Kier molecular flexibility index (Phi) is 3.86. The molecule has 4 nitrogen and oxygen atoms in total. The monoisotopic (exact) mass is 240 g/mol. The predicted molar refractivity (Wildman–Crippen MR) is 67.7 cm³/mol. The molecule has 0 aliphatic carbocycles. The number of rotatable bonds is 4. The molecule has 1 saturated heterocycles. The molecule has 1 aliphatic heterocycles. The van der Waals surface area contributed by atoms with Crippen LogP contribution < -0.4 is 5.73 Å². The standard InChI is InChI=1S/C11H20N4S/c1-11(5-3-7-16-8-11)10-13-9(14-15-10)4-2-6-12/h2-8,12H2,1H3,(H,13,14,15). The Hall–Kier alpha value is -0.550. The fourth-order valence-electron chi connectivity index (χ4n) is 2.06. The Balaban J connectivity index is 2.05. The molecule has 90 valence electrons. The van der Waals surface area contributed by atoms with E-state index in [1.807, 2.05) is 11.8 Å². The lowest BCUT2D eigenvalue weighted by Crippen LogP contribution is -2.30. The minimum atomic E-state index is 0.167. The number of hydrogen-bond acceptors (Lipinski definition) is 4. The number of H-pyrrole nitrogens is 1. The maximum absolute atomic E-state index is 5.49. The number of nitrogens with zero attached hydrogens (tertiary/aromatic N) is 2. The zero-order valence-corrected chi connectivity index (χ0v) is 10.6. The van der Waals surface area contributed by atoms with Gasteiger partial charge in [0.15, 0.2) is 5.82 Å². The van der Waals surface area contributed by atoms with Crippen molar-refractivity contribution in [2.75, 3.05) is 18.1 Å². The van der Waals surface area contributed by atoms with Crippen molar-refractivity contribution >= 4 is 11.8 Å². The molecule has 1 unspecified atom stereocenters. The van der Waals surface area contributed by atoms with Crippen LogP contribution in [-0.4, -0.2) is 33.2 Å². The van der Waals surface area contributed by atoms with Gasteiger partial charge >= 0.3 is 0 Å². The number of aromatic nitrogens is 3. The number of aromatic amines is 1. The molecule has 0 bridgehead atoms. The first-order valence-corrected chi connectivity index (χ1v) is 7.10. The van der Waals surface area contributed by atoms with E-state index >= 15 is 0 Å². The number of nitrogens with one attached hydrogen (secondary N) is 1. The second-order valence-corrected chi connectivity index (χ2v) is 5.82. The van der Waals surface area contributed by atoms with Crippen LogP contribution in [0.25, 0.3) is 0 Å². The Bertz CT molecular complexity index is 330. The van der Waals surface area contributed by atoms with Crippen molar-refractivity contribution in [3.05, 3.63) is 11.6 Å². The van der Waals surface area contributed by atoms with Gasteiger partial charge in [-0.15, -0.1) is 0 Å². The van der Waals surface area contributed by atoms with Crippen LogP contribution in [-0.2, 0) is 11.8 Å². The lowest BCUT2D eigenvalue weighted by Gasteiger charge is -2.30. The molecule has 0 radical (unpaired) electrons. The Morgan fingerprint density at radius 2 is 2.44 bits per heavy atom. The molecule has 16 heavy (non-hydrogen) atoms. The van der Waals surface area contributed by atoms with E-state index in [1.165, 1.54) is 18.6 Å². The molecule has 1 aromatic heterocycles. The first-order chi connectivity index (χ1) is 7.74. The lowest BCUT2D eigenvalue weighted by atomic mass is 9.86. The summed E-state index contributed by atoms with van der Waals surface area (Å²) in [6.45, 7) is 2.98. The smallest absolute Gasteiger partial charge is 0.157 e. The van der Waals surface area contributed by atoms with Gasteiger partial charge in [0.05, 0.1) is 0 Å². The Labute approximate surface area is 101 Å². The van der Waals surface area contributed by atoms with E-state index in [0.717, 1.165) is 30.2 Å². The third-order valence-corrected chi connectivity index (χ3v) is 4.55. The van der Waals surface area contributed by atoms with Gasteiger partial charge in [0.25, 0.3) is 0 Å². The van der Waals surface area contributed by atoms with Crippen LogP contribution in [0.3, 0.4) is 0 Å². The van der Waals surface area contributed by atoms with Crippen LogP contribution >= 0.6 is 11.8 Å². The minimum absolute atomic E-state index is 0.167. The molecule has 0 aromatic carbocycles. The SMILES string of the molecule is CC1(c2n[nH]c(CCCN)n2)CCCSC1. The highest BCUT2D eigenvalue weighted by atomic mass is 32.2. The summed E-state index contributed by atoms with van der Waals surface area (Å²) in [5, 5.41) is 7.41. The van der Waals surface area contributed by atoms with Gasteiger partial charge in [-0.25, -0.2) is 4.98 Å². The van der Waals surface area contributed by atoms with Crippen LogP contribution in [0.4, 0.5) is 0 Å². The van der Waals surface area contributed by atoms with Gasteiger partial charge in [0.2, 0.25) is 0 Å². The highest BCUT2D eigenvalue weighted by Gasteiger charge is 2.33. The summed E-state index contributed by atoms with van der Waals surface area (Å²) in [6.07, 6.45) is 4.36. The quantitative estimate of drug-likeness (QED) is 0.836. The Morgan fingerprint density at radius 1 is 1.56 bits per heavy atom. The summed E-state index contributed by atoms with van der Waals surface area (Å²) in [7, 11) is 0. The molecule has 2 heterocycles. The fraction of sp³-hybridized carbons (Fsp3) is 0.818. The van der Waals surface area contributed by atoms with Gasteiger partial charge in [0, 0.05) is 17.6 Å². The van der Waals surface area contributed by atoms with Gasteiger partial charge in [-0.3, -0.25) is 5.10 Å². The van der Waals surface area contributed by atoms with Crippen molar-refractivity contribution in [1.29, 1.82) is 0 Å². The second-order valence-electron chi connectivity index (χ2n) is 4.71. The van der Waals surface area contributed by atoms with Crippen molar-refractivity contribution in [1.82, 2.24) is 15.2 Å². The van der Waals surface area contributed by atoms with Crippen molar-refractivity contribution in [3.8, 4) is 0 Å². The van der Waals surface area contributed by atoms with Crippen molar-refractivity contribution in [2.45, 2.75) is 38.0 Å². The predicted octanol–water partition coefficient (Wildman–Crippen LogP) is 1.48. The first-order valence-electron chi connectivity index (χ1n) is 5.94. The van der Waals surface area contributed by atoms with E-state index in [9.17, 15) is 0 Å². The molecule has 0 saturated carbocycles. The number of aryl methyl sites for hydroxylation is 1. The highest BCUT2D eigenvalue weighted by molar-refractivity contribution is 7.99. The van der Waals surface area contributed by atoms with Gasteiger partial charge < -0.3 is 5.73 Å². The van der Waals surface area contributed by atoms with Crippen LogP contribution in [0, 0.1) is 0 Å². The Morgan fingerprint density at radius 3 is 3.12 bits per heavy atom. The third-order valence-electron chi connectivity index (χ3n) is 3.13. The van der Waals surface area contributed by atoms with Gasteiger partial charge in [-0.2, -0.15) is 16.9 Å². The zero-order chi connectivity index (χ0) is 11.4. The largest absolute Gasteiger partial charge is 0.330 e. The number of thioether (sulfide) groups is 1. The maximum atomic E-state index is 5.49. The van der Waals surface area contributed by atoms with Gasteiger partial charge in [0.1, 0.15) is 5.82 Å². The summed E-state index contributed by atoms with van der Waals surface area (Å²) in [6, 6.07) is 0. The lowest BCUT2D eigenvalue weighted by molar-refractivity contribution is 0.446. The summed E-state index contributed by atoms with van der Waals surface area (Å²) < 4.78 is 0. The average molecular weight is 240 g/mol. The molecule has 1 fully saturated rings. The topological polar surface area (TPSA) is 67.6 Å². The van der Waals surface area contributed by atoms with Gasteiger partial charge in [-0.1, -0.05) is 6.92 Å². The molecule has 0 spiro atoms. The maximum Gasteiger partial charge on any atom is 0.157 e. The molecular formula is C11H20N4S. The van der Waals surface area contributed by atoms with Crippen molar-refractivity contribution in [3.63, 3.8) is 0 Å². The molecule has 0 amide bonds. The second kappa shape index (κ2) is 5.19. The summed E-state index contributed by atoms with van der Waals surface area (Å²) in [5.41, 5.74) is 5.65. The highest BCUT2D eigenvalue weighted by Crippen LogP contribution is 2.35. The molecule has 5 heteroatoms. The molecule has 1 aromatic rings. The molecule has 1 atom stereocenters. The molecule has 2 rings (SSSR count). The first kappa shape index (κ1) is 11.9. The van der Waals surface area contributed by atoms with E-state index in [0.29, 0.717) is 6.54 Å². The zero-order valence-electron chi connectivity index (χ0n) is 9.83. The van der Waals surface area contributed by atoms with E-state index in [4.69, 9.17) is 5.73 Å². The van der Waals surface area contributed by atoms with Gasteiger partial charge in [-0.05, 0) is 31.6 Å². The van der Waals surface area contributed by atoms with E-state index in [1.54, 1.807) is 0 Å².